The number of aliphatic hydroxyl groups is 1. The van der Waals surface area contributed by atoms with E-state index in [1.807, 2.05) is 12.2 Å². The Kier molecular flexibility index (Phi) is 4.22. The summed E-state index contributed by atoms with van der Waals surface area (Å²) < 4.78 is 0. The molecular formula is C12H12Cl2N2O2. The van der Waals surface area contributed by atoms with Gasteiger partial charge in [-0.3, -0.25) is 4.79 Å². The molecule has 1 aliphatic carbocycles. The van der Waals surface area contributed by atoms with Gasteiger partial charge in [0.1, 0.15) is 10.8 Å². The van der Waals surface area contributed by atoms with E-state index in [2.05, 4.69) is 10.3 Å². The van der Waals surface area contributed by atoms with E-state index in [0.717, 1.165) is 0 Å². The summed E-state index contributed by atoms with van der Waals surface area (Å²) in [4.78, 5) is 15.9. The number of carbonyl (C=O) groups is 1. The van der Waals surface area contributed by atoms with Crippen LogP contribution in [0.2, 0.25) is 10.2 Å². The molecule has 96 valence electrons. The fourth-order valence-corrected chi connectivity index (χ4v) is 2.17. The summed E-state index contributed by atoms with van der Waals surface area (Å²) >= 11 is 11.6. The highest BCUT2D eigenvalue weighted by molar-refractivity contribution is 6.34. The zero-order chi connectivity index (χ0) is 13.1. The van der Waals surface area contributed by atoms with Gasteiger partial charge in [-0.2, -0.15) is 0 Å². The van der Waals surface area contributed by atoms with Gasteiger partial charge in [-0.15, -0.1) is 0 Å². The Morgan fingerprint density at radius 2 is 2.22 bits per heavy atom. The maximum atomic E-state index is 12.0. The van der Waals surface area contributed by atoms with Gasteiger partial charge in [0.05, 0.1) is 5.02 Å². The number of amides is 1. The molecule has 1 heterocycles. The van der Waals surface area contributed by atoms with Crippen LogP contribution in [0.5, 0.6) is 0 Å². The van der Waals surface area contributed by atoms with Crippen molar-refractivity contribution in [3.05, 3.63) is 40.2 Å². The molecule has 18 heavy (non-hydrogen) atoms. The molecule has 0 aliphatic heterocycles. The molecule has 1 amide bonds. The summed E-state index contributed by atoms with van der Waals surface area (Å²) in [7, 11) is 0. The highest BCUT2D eigenvalue weighted by Gasteiger charge is 2.22. The normalized spacial score (nSPS) is 22.2. The van der Waals surface area contributed by atoms with Crippen molar-refractivity contribution < 1.29 is 9.90 Å². The second-order valence-corrected chi connectivity index (χ2v) is 4.90. The van der Waals surface area contributed by atoms with Gasteiger partial charge in [-0.05, 0) is 18.6 Å². The number of halogens is 2. The molecule has 4 nitrogen and oxygen atoms in total. The summed E-state index contributed by atoms with van der Waals surface area (Å²) in [6.07, 6.45) is 4.43. The summed E-state index contributed by atoms with van der Waals surface area (Å²) in [5, 5.41) is 12.3. The quantitative estimate of drug-likeness (QED) is 0.660. The van der Waals surface area contributed by atoms with Crippen molar-refractivity contribution in [1.82, 2.24) is 10.3 Å². The van der Waals surface area contributed by atoms with Crippen molar-refractivity contribution in [2.24, 2.45) is 5.92 Å². The highest BCUT2D eigenvalue weighted by Crippen LogP contribution is 2.20. The maximum Gasteiger partial charge on any atom is 0.271 e. The Morgan fingerprint density at radius 3 is 2.89 bits per heavy atom. The van der Waals surface area contributed by atoms with Crippen LogP contribution >= 0.6 is 23.2 Å². The van der Waals surface area contributed by atoms with Crippen LogP contribution in [0.4, 0.5) is 0 Å². The van der Waals surface area contributed by atoms with Crippen molar-refractivity contribution in [1.29, 1.82) is 0 Å². The standard InChI is InChI=1S/C12H12Cl2N2O2/c13-9-3-4-10(14)16-11(9)12(18)15-8-2-1-7(5-8)6-17/h1-4,7-8,17H,5-6H2,(H,15,18)/t7-,8+/m0/s1. The lowest BCUT2D eigenvalue weighted by molar-refractivity contribution is 0.0936. The number of pyridine rings is 1. The molecule has 0 aromatic carbocycles. The van der Waals surface area contributed by atoms with Gasteiger partial charge in [-0.1, -0.05) is 35.4 Å². The Morgan fingerprint density at radius 1 is 1.44 bits per heavy atom. The Balaban J connectivity index is 2.04. The first kappa shape index (κ1) is 13.3. The van der Waals surface area contributed by atoms with Gasteiger partial charge in [0, 0.05) is 18.6 Å². The number of aliphatic hydroxyl groups excluding tert-OH is 1. The third kappa shape index (κ3) is 3.02. The predicted octanol–water partition coefficient (Wildman–Crippen LogP) is 2.06. The SMILES string of the molecule is O=C(N[C@@H]1C=C[C@H](CO)C1)c1nc(Cl)ccc1Cl. The van der Waals surface area contributed by atoms with E-state index in [4.69, 9.17) is 28.3 Å². The van der Waals surface area contributed by atoms with E-state index in [9.17, 15) is 4.79 Å². The summed E-state index contributed by atoms with van der Waals surface area (Å²) in [6, 6.07) is 2.96. The minimum Gasteiger partial charge on any atom is -0.396 e. The number of nitrogens with zero attached hydrogens (tertiary/aromatic N) is 1. The predicted molar refractivity (Wildman–Crippen MR) is 69.8 cm³/mol. The van der Waals surface area contributed by atoms with E-state index in [0.29, 0.717) is 6.42 Å². The van der Waals surface area contributed by atoms with Gasteiger partial charge in [0.25, 0.3) is 5.91 Å². The molecule has 2 atom stereocenters. The molecule has 2 N–H and O–H groups in total. The average molecular weight is 287 g/mol. The van der Waals surface area contributed by atoms with Crippen molar-refractivity contribution in [3.63, 3.8) is 0 Å². The van der Waals surface area contributed by atoms with E-state index in [-0.39, 0.29) is 40.3 Å². The summed E-state index contributed by atoms with van der Waals surface area (Å²) in [5.41, 5.74) is 0.116. The van der Waals surface area contributed by atoms with Crippen LogP contribution in [0.3, 0.4) is 0 Å². The number of carbonyl (C=O) groups excluding carboxylic acids is 1. The molecule has 0 radical (unpaired) electrons. The number of hydrogen-bond acceptors (Lipinski definition) is 3. The molecule has 0 fully saturated rings. The zero-order valence-electron chi connectivity index (χ0n) is 9.44. The first-order chi connectivity index (χ1) is 8.60. The molecule has 2 rings (SSSR count). The van der Waals surface area contributed by atoms with Gasteiger partial charge >= 0.3 is 0 Å². The van der Waals surface area contributed by atoms with Gasteiger partial charge in [0.15, 0.2) is 0 Å². The first-order valence-corrected chi connectivity index (χ1v) is 6.28. The molecule has 0 unspecified atom stereocenters. The van der Waals surface area contributed by atoms with Crippen molar-refractivity contribution in [2.75, 3.05) is 6.61 Å². The van der Waals surface area contributed by atoms with Gasteiger partial charge in [-0.25, -0.2) is 4.98 Å². The Bertz CT molecular complexity index is 491. The number of hydrogen-bond donors (Lipinski definition) is 2. The number of rotatable bonds is 3. The molecule has 0 saturated heterocycles. The third-order valence-electron chi connectivity index (χ3n) is 2.75. The van der Waals surface area contributed by atoms with Crippen molar-refractivity contribution in [3.8, 4) is 0 Å². The molecule has 0 saturated carbocycles. The monoisotopic (exact) mass is 286 g/mol. The van der Waals surface area contributed by atoms with Gasteiger partial charge in [0.2, 0.25) is 0 Å². The highest BCUT2D eigenvalue weighted by atomic mass is 35.5. The molecule has 1 aliphatic rings. The first-order valence-electron chi connectivity index (χ1n) is 5.52. The van der Waals surface area contributed by atoms with Crippen LogP contribution in [0.25, 0.3) is 0 Å². The number of nitrogens with one attached hydrogen (secondary N) is 1. The molecular weight excluding hydrogens is 275 g/mol. The zero-order valence-corrected chi connectivity index (χ0v) is 10.9. The van der Waals surface area contributed by atoms with Gasteiger partial charge < -0.3 is 10.4 Å². The minimum atomic E-state index is -0.365. The Hall–Kier alpha value is -1.10. The molecule has 6 heteroatoms. The Labute approximate surface area is 115 Å². The minimum absolute atomic E-state index is 0.0824. The van der Waals surface area contributed by atoms with Crippen LogP contribution in [-0.2, 0) is 0 Å². The van der Waals surface area contributed by atoms with E-state index < -0.39 is 0 Å². The molecule has 1 aromatic rings. The lowest BCUT2D eigenvalue weighted by Crippen LogP contribution is -2.33. The largest absolute Gasteiger partial charge is 0.396 e. The number of aromatic nitrogens is 1. The van der Waals surface area contributed by atoms with Crippen LogP contribution in [-0.4, -0.2) is 28.6 Å². The van der Waals surface area contributed by atoms with Crippen molar-refractivity contribution >= 4 is 29.1 Å². The van der Waals surface area contributed by atoms with E-state index >= 15 is 0 Å². The maximum absolute atomic E-state index is 12.0. The molecule has 1 aromatic heterocycles. The third-order valence-corrected chi connectivity index (χ3v) is 3.27. The van der Waals surface area contributed by atoms with E-state index in [1.54, 1.807) is 0 Å². The molecule has 0 bridgehead atoms. The second kappa shape index (κ2) is 5.69. The lowest BCUT2D eigenvalue weighted by atomic mass is 10.1. The summed E-state index contributed by atoms with van der Waals surface area (Å²) in [6.45, 7) is 0.0824. The van der Waals surface area contributed by atoms with Crippen molar-refractivity contribution in [2.45, 2.75) is 12.5 Å². The molecule has 0 spiro atoms. The average Bonchev–Trinajstić information content (AvgIpc) is 2.80. The second-order valence-electron chi connectivity index (χ2n) is 4.11. The smallest absolute Gasteiger partial charge is 0.271 e. The fourth-order valence-electron chi connectivity index (χ4n) is 1.83. The van der Waals surface area contributed by atoms with Crippen LogP contribution in [0, 0.1) is 5.92 Å². The summed E-state index contributed by atoms with van der Waals surface area (Å²) in [5.74, 6) is -0.270. The lowest BCUT2D eigenvalue weighted by Gasteiger charge is -2.12. The van der Waals surface area contributed by atoms with E-state index in [1.165, 1.54) is 12.1 Å². The van der Waals surface area contributed by atoms with Crippen LogP contribution in [0.1, 0.15) is 16.9 Å². The topological polar surface area (TPSA) is 62.2 Å². The fraction of sp³-hybridized carbons (Fsp3) is 0.333. The van der Waals surface area contributed by atoms with Crippen LogP contribution < -0.4 is 5.32 Å². The van der Waals surface area contributed by atoms with Crippen LogP contribution in [0.15, 0.2) is 24.3 Å².